The highest BCUT2D eigenvalue weighted by atomic mass is 35.5. The van der Waals surface area contributed by atoms with Crippen LogP contribution in [0.15, 0.2) is 24.3 Å². The van der Waals surface area contributed by atoms with E-state index < -0.39 is 0 Å². The lowest BCUT2D eigenvalue weighted by Crippen LogP contribution is -2.24. The molecule has 0 amide bonds. The van der Waals surface area contributed by atoms with Gasteiger partial charge in [0.15, 0.2) is 5.82 Å². The summed E-state index contributed by atoms with van der Waals surface area (Å²) < 4.78 is 2.27. The molecule has 112 valence electrons. The molecule has 1 aromatic carbocycles. The number of hydrogen-bond acceptors (Lipinski definition) is 3. The van der Waals surface area contributed by atoms with Crippen molar-refractivity contribution in [3.05, 3.63) is 41.1 Å². The van der Waals surface area contributed by atoms with Gasteiger partial charge in [-0.15, -0.1) is 12.4 Å². The second-order valence-electron chi connectivity index (χ2n) is 5.82. The zero-order valence-corrected chi connectivity index (χ0v) is 13.0. The van der Waals surface area contributed by atoms with Gasteiger partial charge in [-0.05, 0) is 31.4 Å². The maximum absolute atomic E-state index is 4.86. The number of benzene rings is 1. The number of nitrogens with zero attached hydrogens (tertiary/aromatic N) is 2. The molecule has 1 aromatic heterocycles. The van der Waals surface area contributed by atoms with E-state index in [0.29, 0.717) is 6.04 Å². The fraction of sp³-hybridized carbons (Fsp3) is 0.438. The largest absolute Gasteiger partial charge is 0.338 e. The summed E-state index contributed by atoms with van der Waals surface area (Å²) in [4.78, 5) is 0. The molecular formula is C16H21ClN4. The zero-order valence-electron chi connectivity index (χ0n) is 12.2. The van der Waals surface area contributed by atoms with Gasteiger partial charge >= 0.3 is 0 Å². The summed E-state index contributed by atoms with van der Waals surface area (Å²) in [6.07, 6.45) is 3.66. The topological polar surface area (TPSA) is 41.9 Å². The molecule has 0 spiro atoms. The van der Waals surface area contributed by atoms with Gasteiger partial charge in [-0.1, -0.05) is 18.2 Å². The van der Waals surface area contributed by atoms with Crippen LogP contribution < -0.4 is 10.6 Å². The van der Waals surface area contributed by atoms with E-state index in [2.05, 4.69) is 46.5 Å². The molecule has 4 rings (SSSR count). The molecule has 1 aliphatic carbocycles. The van der Waals surface area contributed by atoms with E-state index in [1.807, 2.05) is 0 Å². The van der Waals surface area contributed by atoms with E-state index >= 15 is 0 Å². The maximum Gasteiger partial charge on any atom is 0.157 e. The first-order chi connectivity index (χ1) is 9.83. The lowest BCUT2D eigenvalue weighted by molar-refractivity contribution is 0.562. The first-order valence-electron chi connectivity index (χ1n) is 7.46. The van der Waals surface area contributed by atoms with Gasteiger partial charge in [0.1, 0.15) is 0 Å². The average Bonchev–Trinajstić information content (AvgIpc) is 3.25. The van der Waals surface area contributed by atoms with Crippen LogP contribution in [0.2, 0.25) is 0 Å². The molecule has 0 saturated heterocycles. The highest BCUT2D eigenvalue weighted by Gasteiger charge is 2.30. The zero-order chi connectivity index (χ0) is 13.5. The number of hydrogen-bond donors (Lipinski definition) is 2. The van der Waals surface area contributed by atoms with E-state index in [1.54, 1.807) is 0 Å². The molecule has 2 aromatic rings. The van der Waals surface area contributed by atoms with E-state index in [1.165, 1.54) is 29.7 Å². The van der Waals surface area contributed by atoms with Gasteiger partial charge in [0.2, 0.25) is 0 Å². The Labute approximate surface area is 131 Å². The van der Waals surface area contributed by atoms with Crippen molar-refractivity contribution in [2.45, 2.75) is 38.8 Å². The van der Waals surface area contributed by atoms with Crippen LogP contribution in [0.1, 0.15) is 35.7 Å². The second kappa shape index (κ2) is 5.70. The van der Waals surface area contributed by atoms with Gasteiger partial charge < -0.3 is 10.6 Å². The standard InChI is InChI=1S/C16H20N4.ClH/c1-11-4-2-3-5-14(11)18-16-13-10-17-9-8-15(13)20(19-16)12-6-7-12;/h2-5,12,17H,6-10H2,1H3,(H,18,19);1H. The van der Waals surface area contributed by atoms with Gasteiger partial charge in [0, 0.05) is 36.5 Å². The predicted molar refractivity (Wildman–Crippen MR) is 87.6 cm³/mol. The Bertz CT molecular complexity index is 646. The Hall–Kier alpha value is -1.52. The van der Waals surface area contributed by atoms with E-state index in [9.17, 15) is 0 Å². The van der Waals surface area contributed by atoms with E-state index in [0.717, 1.165) is 31.0 Å². The first-order valence-corrected chi connectivity index (χ1v) is 7.46. The summed E-state index contributed by atoms with van der Waals surface area (Å²) in [7, 11) is 0. The minimum absolute atomic E-state index is 0. The number of halogens is 1. The molecule has 4 nitrogen and oxygen atoms in total. The van der Waals surface area contributed by atoms with Crippen LogP contribution in [-0.4, -0.2) is 16.3 Å². The van der Waals surface area contributed by atoms with Gasteiger partial charge in [-0.25, -0.2) is 0 Å². The van der Waals surface area contributed by atoms with Crippen molar-refractivity contribution in [3.63, 3.8) is 0 Å². The molecule has 2 N–H and O–H groups in total. The molecule has 21 heavy (non-hydrogen) atoms. The lowest BCUT2D eigenvalue weighted by atomic mass is 10.1. The minimum Gasteiger partial charge on any atom is -0.338 e. The summed E-state index contributed by atoms with van der Waals surface area (Å²) in [5, 5.41) is 11.8. The van der Waals surface area contributed by atoms with Gasteiger partial charge in [0.25, 0.3) is 0 Å². The third-order valence-electron chi connectivity index (χ3n) is 4.25. The fourth-order valence-electron chi connectivity index (χ4n) is 2.94. The normalized spacial score (nSPS) is 17.0. The molecule has 1 fully saturated rings. The van der Waals surface area contributed by atoms with Crippen LogP contribution in [-0.2, 0) is 13.0 Å². The molecule has 1 aliphatic heterocycles. The quantitative estimate of drug-likeness (QED) is 0.914. The Morgan fingerprint density at radius 1 is 1.29 bits per heavy atom. The molecule has 0 bridgehead atoms. The third-order valence-corrected chi connectivity index (χ3v) is 4.25. The lowest BCUT2D eigenvalue weighted by Gasteiger charge is -2.15. The predicted octanol–water partition coefficient (Wildman–Crippen LogP) is 3.34. The molecule has 1 saturated carbocycles. The number of nitrogens with one attached hydrogen (secondary N) is 2. The number of fused-ring (bicyclic) bond motifs is 1. The third kappa shape index (κ3) is 2.65. The van der Waals surface area contributed by atoms with Crippen LogP contribution in [0.25, 0.3) is 0 Å². The monoisotopic (exact) mass is 304 g/mol. The van der Waals surface area contributed by atoms with Crippen molar-refractivity contribution in [1.82, 2.24) is 15.1 Å². The van der Waals surface area contributed by atoms with Gasteiger partial charge in [0.05, 0.1) is 6.04 Å². The molecule has 2 aliphatic rings. The number of para-hydroxylation sites is 1. The second-order valence-corrected chi connectivity index (χ2v) is 5.82. The van der Waals surface area contributed by atoms with Crippen molar-refractivity contribution in [3.8, 4) is 0 Å². The maximum atomic E-state index is 4.86. The highest BCUT2D eigenvalue weighted by molar-refractivity contribution is 5.85. The van der Waals surface area contributed by atoms with Crippen LogP contribution >= 0.6 is 12.4 Å². The SMILES string of the molecule is Cc1ccccc1Nc1nn(C2CC2)c2c1CNCC2.Cl. The van der Waals surface area contributed by atoms with E-state index in [4.69, 9.17) is 5.10 Å². The molecule has 5 heteroatoms. The van der Waals surface area contributed by atoms with Crippen molar-refractivity contribution in [2.75, 3.05) is 11.9 Å². The van der Waals surface area contributed by atoms with E-state index in [-0.39, 0.29) is 12.4 Å². The fourth-order valence-corrected chi connectivity index (χ4v) is 2.94. The summed E-state index contributed by atoms with van der Waals surface area (Å²) in [5.41, 5.74) is 5.20. The van der Waals surface area contributed by atoms with Crippen LogP contribution in [0, 0.1) is 6.92 Å². The minimum atomic E-state index is 0. The molecule has 2 heterocycles. The van der Waals surface area contributed by atoms with Crippen LogP contribution in [0.3, 0.4) is 0 Å². The average molecular weight is 305 g/mol. The van der Waals surface area contributed by atoms with Gasteiger partial charge in [-0.2, -0.15) is 5.10 Å². The Morgan fingerprint density at radius 3 is 2.86 bits per heavy atom. The number of aromatic nitrogens is 2. The van der Waals surface area contributed by atoms with Crippen molar-refractivity contribution < 1.29 is 0 Å². The summed E-state index contributed by atoms with van der Waals surface area (Å²) in [6, 6.07) is 9.03. The number of anilines is 2. The number of rotatable bonds is 3. The Morgan fingerprint density at radius 2 is 2.10 bits per heavy atom. The van der Waals surface area contributed by atoms with Crippen molar-refractivity contribution in [2.24, 2.45) is 0 Å². The molecule has 0 radical (unpaired) electrons. The summed E-state index contributed by atoms with van der Waals surface area (Å²) in [5.74, 6) is 1.04. The highest BCUT2D eigenvalue weighted by Crippen LogP contribution is 2.39. The number of aryl methyl sites for hydroxylation is 1. The van der Waals surface area contributed by atoms with Crippen LogP contribution in [0.4, 0.5) is 11.5 Å². The Balaban J connectivity index is 0.00000132. The van der Waals surface area contributed by atoms with Gasteiger partial charge in [-0.3, -0.25) is 4.68 Å². The molecule has 0 unspecified atom stereocenters. The summed E-state index contributed by atoms with van der Waals surface area (Å²) >= 11 is 0. The van der Waals surface area contributed by atoms with Crippen molar-refractivity contribution >= 4 is 23.9 Å². The molecular weight excluding hydrogens is 284 g/mol. The molecule has 0 atom stereocenters. The first kappa shape index (κ1) is 14.4. The van der Waals surface area contributed by atoms with Crippen molar-refractivity contribution in [1.29, 1.82) is 0 Å². The van der Waals surface area contributed by atoms with Crippen LogP contribution in [0.5, 0.6) is 0 Å². The summed E-state index contributed by atoms with van der Waals surface area (Å²) in [6.45, 7) is 4.12. The Kier molecular flexibility index (Phi) is 3.91. The smallest absolute Gasteiger partial charge is 0.157 e.